The number of fused-ring (bicyclic) bond motifs is 1. The molecule has 3 aromatic rings. The number of thiazole rings is 1. The van der Waals surface area contributed by atoms with Gasteiger partial charge in [-0.1, -0.05) is 19.3 Å². The number of aromatic nitrogens is 4. The second kappa shape index (κ2) is 9.96. The van der Waals surface area contributed by atoms with E-state index in [0.29, 0.717) is 49.3 Å². The summed E-state index contributed by atoms with van der Waals surface area (Å²) in [6, 6.07) is 2.13. The molecule has 180 valence electrons. The highest BCUT2D eigenvalue weighted by Gasteiger charge is 2.27. The Hall–Kier alpha value is -3.21. The van der Waals surface area contributed by atoms with E-state index in [1.54, 1.807) is 33.0 Å². The minimum atomic E-state index is -0.440. The summed E-state index contributed by atoms with van der Waals surface area (Å²) < 4.78 is 6.48. The molecule has 1 aliphatic heterocycles. The van der Waals surface area contributed by atoms with Crippen LogP contribution in [-0.2, 0) is 4.74 Å². The van der Waals surface area contributed by atoms with Crippen molar-refractivity contribution >= 4 is 34.0 Å². The van der Waals surface area contributed by atoms with Crippen molar-refractivity contribution in [3.05, 3.63) is 29.5 Å². The highest BCUT2D eigenvalue weighted by Crippen LogP contribution is 2.28. The van der Waals surface area contributed by atoms with E-state index in [4.69, 9.17) is 4.98 Å². The molecular formula is C23H29N7O3S. The van der Waals surface area contributed by atoms with Crippen molar-refractivity contribution in [1.29, 1.82) is 0 Å². The first kappa shape index (κ1) is 22.6. The number of hydrogen-bond acceptors (Lipinski definition) is 8. The monoisotopic (exact) mass is 483 g/mol. The molecule has 0 spiro atoms. The van der Waals surface area contributed by atoms with Crippen molar-refractivity contribution in [2.24, 2.45) is 0 Å². The second-order valence-electron chi connectivity index (χ2n) is 8.85. The Labute approximate surface area is 201 Å². The number of amides is 2. The average molecular weight is 484 g/mol. The Bertz CT molecular complexity index is 1160. The molecule has 0 radical (unpaired) electrons. The van der Waals surface area contributed by atoms with E-state index in [1.165, 1.54) is 26.4 Å². The third-order valence-electron chi connectivity index (χ3n) is 6.56. The number of hydrogen-bond donors (Lipinski definition) is 2. The molecule has 2 amide bonds. The largest absolute Gasteiger partial charge is 0.453 e. The average Bonchev–Trinajstić information content (AvgIpc) is 3.49. The van der Waals surface area contributed by atoms with Crippen LogP contribution in [0.5, 0.6) is 0 Å². The van der Waals surface area contributed by atoms with Gasteiger partial charge in [-0.05, 0) is 25.7 Å². The molecule has 3 aromatic heterocycles. The van der Waals surface area contributed by atoms with Gasteiger partial charge in [0.1, 0.15) is 16.3 Å². The van der Waals surface area contributed by atoms with Crippen molar-refractivity contribution in [3.8, 4) is 11.4 Å². The Kier molecular flexibility index (Phi) is 6.61. The van der Waals surface area contributed by atoms with E-state index >= 15 is 0 Å². The summed E-state index contributed by atoms with van der Waals surface area (Å²) in [7, 11) is 1.35. The van der Waals surface area contributed by atoms with E-state index in [0.717, 1.165) is 23.2 Å². The van der Waals surface area contributed by atoms with Crippen molar-refractivity contribution in [1.82, 2.24) is 29.8 Å². The van der Waals surface area contributed by atoms with Gasteiger partial charge < -0.3 is 20.3 Å². The van der Waals surface area contributed by atoms with Crippen molar-refractivity contribution in [2.45, 2.75) is 57.0 Å². The van der Waals surface area contributed by atoms with Crippen LogP contribution in [-0.4, -0.2) is 68.8 Å². The van der Waals surface area contributed by atoms with Gasteiger partial charge in [0.25, 0.3) is 5.91 Å². The lowest BCUT2D eigenvalue weighted by atomic mass is 9.95. The van der Waals surface area contributed by atoms with Crippen LogP contribution in [0.15, 0.2) is 23.8 Å². The Morgan fingerprint density at radius 3 is 2.65 bits per heavy atom. The molecular weight excluding hydrogens is 454 g/mol. The zero-order valence-electron chi connectivity index (χ0n) is 19.2. The van der Waals surface area contributed by atoms with Gasteiger partial charge in [-0.25, -0.2) is 19.3 Å². The fourth-order valence-corrected chi connectivity index (χ4v) is 5.49. The number of rotatable bonds is 5. The van der Waals surface area contributed by atoms with E-state index in [2.05, 4.69) is 25.5 Å². The number of nitrogens with one attached hydrogen (secondary N) is 2. The van der Waals surface area contributed by atoms with Crippen LogP contribution in [0.3, 0.4) is 0 Å². The summed E-state index contributed by atoms with van der Waals surface area (Å²) in [5.74, 6) is 1.06. The maximum Gasteiger partial charge on any atom is 0.407 e. The minimum absolute atomic E-state index is 0.000481. The third-order valence-corrected chi connectivity index (χ3v) is 7.45. The number of ether oxygens (including phenoxy) is 1. The first-order valence-electron chi connectivity index (χ1n) is 11.8. The highest BCUT2D eigenvalue weighted by molar-refractivity contribution is 7.16. The number of piperidine rings is 1. The Morgan fingerprint density at radius 2 is 1.88 bits per heavy atom. The van der Waals surface area contributed by atoms with E-state index in [1.807, 2.05) is 11.6 Å². The number of carbonyl (C=O) groups is 2. The molecule has 1 saturated carbocycles. The summed E-state index contributed by atoms with van der Waals surface area (Å²) in [5, 5.41) is 12.7. The zero-order valence-corrected chi connectivity index (χ0v) is 20.0. The molecule has 34 heavy (non-hydrogen) atoms. The lowest BCUT2D eigenvalue weighted by Crippen LogP contribution is -2.46. The quantitative estimate of drug-likeness (QED) is 0.570. The summed E-state index contributed by atoms with van der Waals surface area (Å²) in [4.78, 5) is 37.1. The van der Waals surface area contributed by atoms with Gasteiger partial charge in [0.05, 0.1) is 18.9 Å². The lowest BCUT2D eigenvalue weighted by molar-refractivity contribution is 0.0698. The van der Waals surface area contributed by atoms with Gasteiger partial charge in [-0.15, -0.1) is 11.3 Å². The maximum absolute atomic E-state index is 13.4. The molecule has 10 nitrogen and oxygen atoms in total. The molecule has 0 aromatic carbocycles. The number of nitrogens with zero attached hydrogens (tertiary/aromatic N) is 5. The van der Waals surface area contributed by atoms with E-state index in [9.17, 15) is 9.59 Å². The summed E-state index contributed by atoms with van der Waals surface area (Å²) in [5.41, 5.74) is 1.19. The fourth-order valence-electron chi connectivity index (χ4n) is 4.70. The molecule has 5 rings (SSSR count). The predicted molar refractivity (Wildman–Crippen MR) is 129 cm³/mol. The molecule has 11 heteroatoms. The van der Waals surface area contributed by atoms with E-state index < -0.39 is 6.09 Å². The first-order valence-corrected chi connectivity index (χ1v) is 12.7. The normalized spacial score (nSPS) is 17.6. The SMILES string of the molecule is COC(=O)NC1CCN(C(=O)c2cc(NC3CCCCC3)nc(-c3cnn4ccsc34)n2)CC1. The zero-order chi connectivity index (χ0) is 23.5. The molecule has 4 heterocycles. The van der Waals surface area contributed by atoms with Crippen LogP contribution in [0.25, 0.3) is 16.2 Å². The number of methoxy groups -OCH3 is 1. The molecule has 2 aliphatic rings. The molecule has 0 bridgehead atoms. The smallest absolute Gasteiger partial charge is 0.407 e. The molecule has 1 saturated heterocycles. The molecule has 1 aliphatic carbocycles. The van der Waals surface area contributed by atoms with Crippen molar-refractivity contribution < 1.29 is 14.3 Å². The van der Waals surface area contributed by atoms with Gasteiger partial charge in [0, 0.05) is 42.8 Å². The van der Waals surface area contributed by atoms with Crippen LogP contribution in [0, 0.1) is 0 Å². The second-order valence-corrected chi connectivity index (χ2v) is 9.75. The van der Waals surface area contributed by atoms with Crippen molar-refractivity contribution in [2.75, 3.05) is 25.5 Å². The van der Waals surface area contributed by atoms with Gasteiger partial charge in [0.2, 0.25) is 0 Å². The van der Waals surface area contributed by atoms with Gasteiger partial charge in [-0.2, -0.15) is 5.10 Å². The Balaban J connectivity index is 1.39. The maximum atomic E-state index is 13.4. The summed E-state index contributed by atoms with van der Waals surface area (Å²) in [6.45, 7) is 1.09. The van der Waals surface area contributed by atoms with Crippen LogP contribution in [0.1, 0.15) is 55.4 Å². The van der Waals surface area contributed by atoms with Crippen LogP contribution in [0.2, 0.25) is 0 Å². The fraction of sp³-hybridized carbons (Fsp3) is 0.522. The van der Waals surface area contributed by atoms with Crippen LogP contribution >= 0.6 is 11.3 Å². The third kappa shape index (κ3) is 4.84. The van der Waals surface area contributed by atoms with E-state index in [-0.39, 0.29) is 11.9 Å². The van der Waals surface area contributed by atoms with Crippen LogP contribution < -0.4 is 10.6 Å². The highest BCUT2D eigenvalue weighted by atomic mass is 32.1. The number of anilines is 1. The number of carbonyl (C=O) groups excluding carboxylic acids is 2. The van der Waals surface area contributed by atoms with Crippen LogP contribution in [0.4, 0.5) is 10.6 Å². The summed E-state index contributed by atoms with van der Waals surface area (Å²) in [6.07, 6.45) is 10.4. The summed E-state index contributed by atoms with van der Waals surface area (Å²) >= 11 is 1.57. The standard InChI is InChI=1S/C23H29N7O3S/c1-33-23(32)26-16-7-9-29(10-8-16)21(31)18-13-19(25-15-5-3-2-4-6-15)28-20(27-18)17-14-24-30-11-12-34-22(17)30/h11-16H,2-10H2,1H3,(H,26,32)(H,25,27,28). The van der Waals surface area contributed by atoms with Gasteiger partial charge in [-0.3, -0.25) is 4.79 Å². The lowest BCUT2D eigenvalue weighted by Gasteiger charge is -2.32. The molecule has 0 atom stereocenters. The molecule has 2 N–H and O–H groups in total. The van der Waals surface area contributed by atoms with Gasteiger partial charge >= 0.3 is 6.09 Å². The molecule has 0 unspecified atom stereocenters. The predicted octanol–water partition coefficient (Wildman–Crippen LogP) is 3.56. The van der Waals surface area contributed by atoms with Crippen molar-refractivity contribution in [3.63, 3.8) is 0 Å². The number of alkyl carbamates (subject to hydrolysis) is 1. The molecule has 2 fully saturated rings. The topological polar surface area (TPSA) is 114 Å². The minimum Gasteiger partial charge on any atom is -0.453 e. The first-order chi connectivity index (χ1) is 16.6. The van der Waals surface area contributed by atoms with Gasteiger partial charge in [0.15, 0.2) is 5.82 Å². The number of likely N-dealkylation sites (tertiary alicyclic amines) is 1. The Morgan fingerprint density at radius 1 is 1.09 bits per heavy atom.